The van der Waals surface area contributed by atoms with Gasteiger partial charge in [0.2, 0.25) is 5.75 Å². The molecule has 0 spiro atoms. The molecule has 4 atom stereocenters. The smallest absolute Gasteiger partial charge is 0.493 e. The minimum Gasteiger partial charge on any atom is -0.493 e. The number of ether oxygens (including phenoxy) is 5. The molecule has 5 rings (SSSR count). The molecule has 0 aliphatic heterocycles. The van der Waals surface area contributed by atoms with E-state index in [2.05, 4.69) is 20.8 Å². The minimum atomic E-state index is -0.702. The van der Waals surface area contributed by atoms with Gasteiger partial charge in [0.1, 0.15) is 12.2 Å². The van der Waals surface area contributed by atoms with Gasteiger partial charge in [0.15, 0.2) is 16.9 Å². The fourth-order valence-electron chi connectivity index (χ4n) is 6.76. The summed E-state index contributed by atoms with van der Waals surface area (Å²) in [6, 6.07) is 17.4. The number of hydrogen-bond acceptors (Lipinski definition) is 8. The summed E-state index contributed by atoms with van der Waals surface area (Å²) in [5.74, 6) is 3.33. The van der Waals surface area contributed by atoms with Crippen molar-refractivity contribution in [3.05, 3.63) is 81.5 Å². The van der Waals surface area contributed by atoms with Gasteiger partial charge in [-0.25, -0.2) is 4.79 Å². The van der Waals surface area contributed by atoms with Crippen molar-refractivity contribution in [1.82, 2.24) is 0 Å². The third-order valence-electron chi connectivity index (χ3n) is 9.13. The Bertz CT molecular complexity index is 1550. The zero-order valence-corrected chi connectivity index (χ0v) is 27.9. The van der Waals surface area contributed by atoms with Crippen LogP contribution < -0.4 is 19.6 Å². The van der Waals surface area contributed by atoms with E-state index in [9.17, 15) is 9.59 Å². The highest BCUT2D eigenvalue weighted by Crippen LogP contribution is 2.51. The number of benzene rings is 2. The van der Waals surface area contributed by atoms with Crippen LogP contribution in [0, 0.1) is 17.8 Å². The molecular weight excluding hydrogens is 588 g/mol. The van der Waals surface area contributed by atoms with Crippen LogP contribution in [-0.4, -0.2) is 33.6 Å². The first-order chi connectivity index (χ1) is 21.7. The molecule has 7 nitrogen and oxygen atoms in total. The van der Waals surface area contributed by atoms with Crippen LogP contribution in [0.15, 0.2) is 64.3 Å². The van der Waals surface area contributed by atoms with Gasteiger partial charge in [-0.3, -0.25) is 4.79 Å². The molecule has 1 saturated carbocycles. The van der Waals surface area contributed by atoms with Gasteiger partial charge >= 0.3 is 6.16 Å². The lowest BCUT2D eigenvalue weighted by Gasteiger charge is -2.36. The Morgan fingerprint density at radius 3 is 2.36 bits per heavy atom. The largest absolute Gasteiger partial charge is 0.509 e. The van der Waals surface area contributed by atoms with Crippen LogP contribution in [0.4, 0.5) is 4.79 Å². The molecule has 2 aliphatic rings. The summed E-state index contributed by atoms with van der Waals surface area (Å²) in [6.45, 7) is 6.57. The Hall–Kier alpha value is -3.65. The number of fused-ring (bicyclic) bond motifs is 3. The van der Waals surface area contributed by atoms with E-state index in [0.29, 0.717) is 64.1 Å². The monoisotopic (exact) mass is 632 g/mol. The Morgan fingerprint density at radius 2 is 1.67 bits per heavy atom. The van der Waals surface area contributed by atoms with Crippen LogP contribution in [0.1, 0.15) is 69.2 Å². The average molecular weight is 633 g/mol. The summed E-state index contributed by atoms with van der Waals surface area (Å²) in [6.07, 6.45) is 2.41. The lowest BCUT2D eigenvalue weighted by Crippen LogP contribution is -2.36. The minimum absolute atomic E-state index is 0.136. The third kappa shape index (κ3) is 7.27. The van der Waals surface area contributed by atoms with Crippen molar-refractivity contribution in [1.29, 1.82) is 0 Å². The van der Waals surface area contributed by atoms with Gasteiger partial charge in [-0.05, 0) is 78.3 Å². The van der Waals surface area contributed by atoms with Crippen molar-refractivity contribution in [3.8, 4) is 28.4 Å². The molecule has 8 heteroatoms. The maximum absolute atomic E-state index is 13.7. The number of hydrogen-bond donors (Lipinski definition) is 0. The number of aryl methyl sites for hydroxylation is 1. The van der Waals surface area contributed by atoms with E-state index < -0.39 is 12.3 Å². The van der Waals surface area contributed by atoms with Gasteiger partial charge in [0.25, 0.3) is 0 Å². The predicted octanol–water partition coefficient (Wildman–Crippen LogP) is 8.63. The van der Waals surface area contributed by atoms with E-state index in [1.807, 2.05) is 48.5 Å². The van der Waals surface area contributed by atoms with Gasteiger partial charge in [0, 0.05) is 16.9 Å². The molecule has 0 saturated heterocycles. The molecule has 0 radical (unpaired) electrons. The zero-order valence-electron chi connectivity index (χ0n) is 27.1. The second kappa shape index (κ2) is 14.6. The molecule has 1 fully saturated rings. The topological polar surface area (TPSA) is 80.3 Å². The van der Waals surface area contributed by atoms with Crippen LogP contribution in [0.25, 0.3) is 11.1 Å². The van der Waals surface area contributed by atoms with E-state index in [4.69, 9.17) is 23.7 Å². The fourth-order valence-corrected chi connectivity index (χ4v) is 7.64. The first kappa shape index (κ1) is 32.7. The molecule has 0 bridgehead atoms. The number of carbonyl (C=O) groups is 1. The first-order valence-corrected chi connectivity index (χ1v) is 16.8. The van der Waals surface area contributed by atoms with Crippen molar-refractivity contribution in [2.24, 2.45) is 17.8 Å². The van der Waals surface area contributed by atoms with E-state index in [0.717, 1.165) is 41.5 Å². The summed E-state index contributed by atoms with van der Waals surface area (Å²) in [4.78, 5) is 27.8. The average Bonchev–Trinajstić information content (AvgIpc) is 3.27. The molecule has 0 unspecified atom stereocenters. The van der Waals surface area contributed by atoms with E-state index >= 15 is 0 Å². The van der Waals surface area contributed by atoms with E-state index in [-0.39, 0.29) is 11.5 Å². The zero-order chi connectivity index (χ0) is 32.1. The fraction of sp³-hybridized carbons (Fsp3) is 0.459. The summed E-state index contributed by atoms with van der Waals surface area (Å²) in [5.41, 5.74) is 4.09. The van der Waals surface area contributed by atoms with Crippen LogP contribution in [0.2, 0.25) is 0 Å². The number of methoxy groups -OCH3 is 3. The summed E-state index contributed by atoms with van der Waals surface area (Å²) >= 11 is 1.48. The molecular formula is C37H44O7S. The third-order valence-corrected chi connectivity index (χ3v) is 10.3. The van der Waals surface area contributed by atoms with Crippen LogP contribution in [-0.2, 0) is 21.6 Å². The first-order valence-electron chi connectivity index (χ1n) is 15.8. The number of rotatable bonds is 9. The Kier molecular flexibility index (Phi) is 10.6. The quantitative estimate of drug-likeness (QED) is 0.171. The molecule has 0 N–H and O–H groups in total. The van der Waals surface area contributed by atoms with Crippen molar-refractivity contribution in [3.63, 3.8) is 0 Å². The highest BCUT2D eigenvalue weighted by Gasteiger charge is 2.36. The SMILES string of the molecule is COc1cc2c(c(OC)c1OC)-c1ccc(SCc3ccccc3)c(=O)cc1[C@@H](OC(=O)O[C@@H]1C[C@H](C)CC[C@H]1C(C)C)CC2. The predicted molar refractivity (Wildman–Crippen MR) is 178 cm³/mol. The molecule has 240 valence electrons. The van der Waals surface area contributed by atoms with Gasteiger partial charge < -0.3 is 23.7 Å². The maximum Gasteiger partial charge on any atom is 0.509 e. The van der Waals surface area contributed by atoms with Gasteiger partial charge in [-0.15, -0.1) is 11.8 Å². The molecule has 3 aromatic carbocycles. The second-order valence-corrected chi connectivity index (χ2v) is 13.4. The maximum atomic E-state index is 13.7. The lowest BCUT2D eigenvalue weighted by molar-refractivity contribution is -0.0467. The molecule has 0 amide bonds. The van der Waals surface area contributed by atoms with Crippen molar-refractivity contribution >= 4 is 17.9 Å². The van der Waals surface area contributed by atoms with Crippen molar-refractivity contribution in [2.75, 3.05) is 21.3 Å². The lowest BCUT2D eigenvalue weighted by atomic mass is 9.75. The Morgan fingerprint density at radius 1 is 0.911 bits per heavy atom. The number of thioether (sulfide) groups is 1. The van der Waals surface area contributed by atoms with Gasteiger partial charge in [0.05, 0.1) is 26.2 Å². The molecule has 3 aromatic rings. The molecule has 2 aliphatic carbocycles. The Labute approximate surface area is 270 Å². The van der Waals surface area contributed by atoms with Crippen molar-refractivity contribution < 1.29 is 28.5 Å². The van der Waals surface area contributed by atoms with Crippen LogP contribution in [0.3, 0.4) is 0 Å². The van der Waals surface area contributed by atoms with Gasteiger partial charge in [-0.2, -0.15) is 0 Å². The summed E-state index contributed by atoms with van der Waals surface area (Å²) < 4.78 is 29.5. The highest BCUT2D eigenvalue weighted by molar-refractivity contribution is 7.98. The summed E-state index contributed by atoms with van der Waals surface area (Å²) in [5, 5.41) is 0. The molecule has 45 heavy (non-hydrogen) atoms. The number of carbonyl (C=O) groups excluding carboxylic acids is 1. The standard InChI is InChI=1S/C37H44O7S/c1-22(2)26-14-12-23(3)18-31(26)44-37(39)43-30-16-13-25-19-32(40-4)35(41-5)36(42-6)34(25)27-15-17-33(29(38)20-28(27)30)45-21-24-10-8-7-9-11-24/h7-11,15,17,19-20,22-23,26,30-31H,12-14,16,18,21H2,1-6H3/t23-,26+,30+,31-/m1/s1. The van der Waals surface area contributed by atoms with E-state index in [1.165, 1.54) is 11.8 Å². The van der Waals surface area contributed by atoms with Gasteiger partial charge in [-0.1, -0.05) is 63.6 Å². The van der Waals surface area contributed by atoms with Crippen LogP contribution >= 0.6 is 11.8 Å². The normalized spacial score (nSPS) is 20.8. The summed E-state index contributed by atoms with van der Waals surface area (Å²) in [7, 11) is 4.75. The molecule has 0 aromatic heterocycles. The highest BCUT2D eigenvalue weighted by atomic mass is 32.2. The second-order valence-electron chi connectivity index (χ2n) is 12.4. The van der Waals surface area contributed by atoms with Crippen molar-refractivity contribution in [2.45, 2.75) is 75.7 Å². The molecule has 0 heterocycles. The van der Waals surface area contributed by atoms with E-state index in [1.54, 1.807) is 27.4 Å². The van der Waals surface area contributed by atoms with Crippen LogP contribution in [0.5, 0.6) is 17.2 Å². The Balaban J connectivity index is 1.56.